The van der Waals surface area contributed by atoms with Gasteiger partial charge in [0.2, 0.25) is 0 Å². The molecule has 2 nitrogen and oxygen atoms in total. The van der Waals surface area contributed by atoms with Crippen LogP contribution in [0.2, 0.25) is 0 Å². The molecule has 0 amide bonds. The van der Waals surface area contributed by atoms with E-state index in [2.05, 4.69) is 84.7 Å². The van der Waals surface area contributed by atoms with Crippen LogP contribution in [0.25, 0.3) is 44.2 Å². The van der Waals surface area contributed by atoms with Crippen LogP contribution >= 0.6 is 0 Å². The van der Waals surface area contributed by atoms with Gasteiger partial charge in [-0.2, -0.15) is 0 Å². The summed E-state index contributed by atoms with van der Waals surface area (Å²) in [5.41, 5.74) is 7.64. The summed E-state index contributed by atoms with van der Waals surface area (Å²) in [6, 6.07) is 29.5. The molecule has 2 heterocycles. The second-order valence-electron chi connectivity index (χ2n) is 6.81. The maximum atomic E-state index is 4.99. The van der Waals surface area contributed by atoms with Crippen molar-refractivity contribution in [2.45, 2.75) is 6.92 Å². The Balaban J connectivity index is 1.70. The topological polar surface area (TPSA) is 25.8 Å². The first-order valence-corrected chi connectivity index (χ1v) is 9.10. The maximum absolute atomic E-state index is 4.99. The number of aromatic nitrogens is 2. The van der Waals surface area contributed by atoms with Crippen LogP contribution in [0.4, 0.5) is 0 Å². The van der Waals surface area contributed by atoms with Crippen LogP contribution in [0.5, 0.6) is 0 Å². The Kier molecular flexibility index (Phi) is 3.68. The zero-order valence-corrected chi connectivity index (χ0v) is 15.1. The van der Waals surface area contributed by atoms with Gasteiger partial charge < -0.3 is 0 Å². The van der Waals surface area contributed by atoms with E-state index in [4.69, 9.17) is 4.98 Å². The maximum Gasteiger partial charge on any atom is 0.0972 e. The SMILES string of the molecule is Cc1cc2ccc(-c3cccc(-c4ccccc4)c3)nc2c2ncccc12. The van der Waals surface area contributed by atoms with Gasteiger partial charge in [-0.25, -0.2) is 4.98 Å². The largest absolute Gasteiger partial charge is 0.254 e. The normalized spacial score (nSPS) is 11.1. The molecule has 5 rings (SSSR count). The minimum absolute atomic E-state index is 0.957. The summed E-state index contributed by atoms with van der Waals surface area (Å²) < 4.78 is 0. The minimum atomic E-state index is 0.957. The molecule has 0 saturated heterocycles. The number of pyridine rings is 2. The van der Waals surface area contributed by atoms with Crippen molar-refractivity contribution in [2.75, 3.05) is 0 Å². The highest BCUT2D eigenvalue weighted by molar-refractivity contribution is 6.05. The fraction of sp³-hybridized carbons (Fsp3) is 0.0400. The Morgan fingerprint density at radius 2 is 1.44 bits per heavy atom. The van der Waals surface area contributed by atoms with Gasteiger partial charge in [0, 0.05) is 22.5 Å². The zero-order valence-electron chi connectivity index (χ0n) is 15.1. The van der Waals surface area contributed by atoms with E-state index in [0.29, 0.717) is 0 Å². The predicted molar refractivity (Wildman–Crippen MR) is 113 cm³/mol. The first-order valence-electron chi connectivity index (χ1n) is 9.10. The summed E-state index contributed by atoms with van der Waals surface area (Å²) in [6.07, 6.45) is 1.84. The molecule has 3 aromatic carbocycles. The number of hydrogen-bond acceptors (Lipinski definition) is 2. The lowest BCUT2D eigenvalue weighted by molar-refractivity contribution is 1.36. The van der Waals surface area contributed by atoms with Crippen LogP contribution in [-0.2, 0) is 0 Å². The van der Waals surface area contributed by atoms with E-state index in [1.54, 1.807) is 0 Å². The number of fused-ring (bicyclic) bond motifs is 3. The van der Waals surface area contributed by atoms with Gasteiger partial charge in [-0.05, 0) is 47.9 Å². The van der Waals surface area contributed by atoms with Crippen molar-refractivity contribution < 1.29 is 0 Å². The molecule has 0 fully saturated rings. The Morgan fingerprint density at radius 3 is 2.33 bits per heavy atom. The van der Waals surface area contributed by atoms with E-state index in [-0.39, 0.29) is 0 Å². The van der Waals surface area contributed by atoms with Gasteiger partial charge in [-0.1, -0.05) is 60.7 Å². The molecule has 2 heteroatoms. The molecule has 0 aliphatic heterocycles. The number of aryl methyl sites for hydroxylation is 1. The fourth-order valence-electron chi connectivity index (χ4n) is 3.65. The molecule has 0 radical (unpaired) electrons. The van der Waals surface area contributed by atoms with Gasteiger partial charge in [-0.15, -0.1) is 0 Å². The van der Waals surface area contributed by atoms with Gasteiger partial charge in [0.05, 0.1) is 16.7 Å². The lowest BCUT2D eigenvalue weighted by Crippen LogP contribution is -1.91. The van der Waals surface area contributed by atoms with E-state index >= 15 is 0 Å². The molecule has 27 heavy (non-hydrogen) atoms. The predicted octanol–water partition coefficient (Wildman–Crippen LogP) is 6.43. The molecule has 0 aliphatic rings. The molecular formula is C25H18N2. The van der Waals surface area contributed by atoms with E-state index in [9.17, 15) is 0 Å². The Labute approximate surface area is 158 Å². The molecule has 128 valence electrons. The Morgan fingerprint density at radius 1 is 0.630 bits per heavy atom. The highest BCUT2D eigenvalue weighted by atomic mass is 14.8. The van der Waals surface area contributed by atoms with Gasteiger partial charge in [0.15, 0.2) is 0 Å². The van der Waals surface area contributed by atoms with Crippen molar-refractivity contribution in [2.24, 2.45) is 0 Å². The molecule has 0 aliphatic carbocycles. The summed E-state index contributed by atoms with van der Waals surface area (Å²) in [7, 11) is 0. The quantitative estimate of drug-likeness (QED) is 0.344. The molecule has 0 N–H and O–H groups in total. The first-order chi connectivity index (χ1) is 13.3. The number of nitrogens with zero attached hydrogens (tertiary/aromatic N) is 2. The van der Waals surface area contributed by atoms with Gasteiger partial charge in [-0.3, -0.25) is 4.98 Å². The van der Waals surface area contributed by atoms with E-state index in [0.717, 1.165) is 33.1 Å². The van der Waals surface area contributed by atoms with Gasteiger partial charge in [0.1, 0.15) is 0 Å². The second kappa shape index (κ2) is 6.33. The third-order valence-corrected chi connectivity index (χ3v) is 5.02. The van der Waals surface area contributed by atoms with E-state index in [1.807, 2.05) is 18.3 Å². The Hall–Kier alpha value is -3.52. The monoisotopic (exact) mass is 346 g/mol. The van der Waals surface area contributed by atoms with Crippen molar-refractivity contribution in [1.82, 2.24) is 9.97 Å². The fourth-order valence-corrected chi connectivity index (χ4v) is 3.65. The van der Waals surface area contributed by atoms with Crippen molar-refractivity contribution in [3.63, 3.8) is 0 Å². The summed E-state index contributed by atoms with van der Waals surface area (Å²) in [5.74, 6) is 0. The van der Waals surface area contributed by atoms with Crippen molar-refractivity contribution in [3.8, 4) is 22.4 Å². The van der Waals surface area contributed by atoms with Crippen molar-refractivity contribution >= 4 is 21.8 Å². The number of rotatable bonds is 2. The molecule has 0 saturated carbocycles. The zero-order chi connectivity index (χ0) is 18.2. The Bertz CT molecular complexity index is 1270. The van der Waals surface area contributed by atoms with Crippen molar-refractivity contribution in [1.29, 1.82) is 0 Å². The summed E-state index contributed by atoms with van der Waals surface area (Å²) in [5, 5.41) is 2.29. The van der Waals surface area contributed by atoms with Crippen LogP contribution in [0.1, 0.15) is 5.56 Å². The highest BCUT2D eigenvalue weighted by Crippen LogP contribution is 2.30. The lowest BCUT2D eigenvalue weighted by atomic mass is 10.0. The first kappa shape index (κ1) is 15.7. The van der Waals surface area contributed by atoms with E-state index < -0.39 is 0 Å². The highest BCUT2D eigenvalue weighted by Gasteiger charge is 2.09. The van der Waals surface area contributed by atoms with Gasteiger partial charge >= 0.3 is 0 Å². The van der Waals surface area contributed by atoms with Crippen LogP contribution in [0, 0.1) is 6.92 Å². The van der Waals surface area contributed by atoms with Crippen molar-refractivity contribution in [3.05, 3.63) is 96.7 Å². The molecule has 0 unspecified atom stereocenters. The minimum Gasteiger partial charge on any atom is -0.254 e. The van der Waals surface area contributed by atoms with Crippen LogP contribution in [-0.4, -0.2) is 9.97 Å². The molecule has 0 bridgehead atoms. The van der Waals surface area contributed by atoms with E-state index in [1.165, 1.54) is 16.7 Å². The smallest absolute Gasteiger partial charge is 0.0972 e. The van der Waals surface area contributed by atoms with Crippen LogP contribution in [0.15, 0.2) is 91.1 Å². The summed E-state index contributed by atoms with van der Waals surface area (Å²) in [6.45, 7) is 2.13. The van der Waals surface area contributed by atoms with Crippen LogP contribution in [0.3, 0.4) is 0 Å². The molecule has 0 spiro atoms. The standard InChI is InChI=1S/C25H18N2/c1-17-15-21-12-13-23(27-24(21)25-22(17)11-6-14-26-25)20-10-5-9-19(16-20)18-7-3-2-4-8-18/h2-16H,1H3. The molecule has 0 atom stereocenters. The number of benzene rings is 3. The third-order valence-electron chi connectivity index (χ3n) is 5.02. The molecule has 2 aromatic heterocycles. The molecule has 5 aromatic rings. The summed E-state index contributed by atoms with van der Waals surface area (Å²) >= 11 is 0. The second-order valence-corrected chi connectivity index (χ2v) is 6.81. The average molecular weight is 346 g/mol. The van der Waals surface area contributed by atoms with Crippen LogP contribution < -0.4 is 0 Å². The van der Waals surface area contributed by atoms with Gasteiger partial charge in [0.25, 0.3) is 0 Å². The summed E-state index contributed by atoms with van der Waals surface area (Å²) in [4.78, 5) is 9.59. The third kappa shape index (κ3) is 2.76. The molecular weight excluding hydrogens is 328 g/mol. The lowest BCUT2D eigenvalue weighted by Gasteiger charge is -2.09. The number of hydrogen-bond donors (Lipinski definition) is 0. The average Bonchev–Trinajstić information content (AvgIpc) is 2.74.